The molecule has 0 aliphatic rings. The minimum absolute atomic E-state index is 0.135. The van der Waals surface area contributed by atoms with Crippen molar-refractivity contribution >= 4 is 16.8 Å². The van der Waals surface area contributed by atoms with Crippen molar-refractivity contribution in [3.8, 4) is 0 Å². The van der Waals surface area contributed by atoms with Crippen LogP contribution in [-0.4, -0.2) is 41.2 Å². The fraction of sp³-hybridized carbons (Fsp3) is 0.385. The summed E-state index contributed by atoms with van der Waals surface area (Å²) in [5.41, 5.74) is 0.205. The van der Waals surface area contributed by atoms with Crippen molar-refractivity contribution in [1.82, 2.24) is 20.3 Å². The molecule has 106 valence electrons. The summed E-state index contributed by atoms with van der Waals surface area (Å²) < 4.78 is 5.94. The van der Waals surface area contributed by atoms with E-state index in [0.717, 1.165) is 11.1 Å². The van der Waals surface area contributed by atoms with E-state index in [-0.39, 0.29) is 18.0 Å². The number of nitrogens with one attached hydrogen (secondary N) is 1. The van der Waals surface area contributed by atoms with Crippen molar-refractivity contribution in [3.05, 3.63) is 34.6 Å². The molecule has 2 aromatic rings. The molecule has 1 aromatic carbocycles. The number of benzene rings is 1. The summed E-state index contributed by atoms with van der Waals surface area (Å²) in [5.74, 6) is -0.271. The first kappa shape index (κ1) is 14.1. The number of amides is 1. The maximum Gasteiger partial charge on any atom is 0.278 e. The lowest BCUT2D eigenvalue weighted by atomic mass is 10.2. The van der Waals surface area contributed by atoms with Gasteiger partial charge < -0.3 is 10.1 Å². The summed E-state index contributed by atoms with van der Waals surface area (Å²) in [6, 6.07) is 6.90. The molecule has 7 heteroatoms. The Morgan fingerprint density at radius 2 is 2.20 bits per heavy atom. The fourth-order valence-corrected chi connectivity index (χ4v) is 1.76. The number of nitrogens with zero attached hydrogens (tertiary/aromatic N) is 3. The van der Waals surface area contributed by atoms with Gasteiger partial charge in [-0.2, -0.15) is 0 Å². The van der Waals surface area contributed by atoms with E-state index in [1.165, 1.54) is 0 Å². The van der Waals surface area contributed by atoms with Crippen LogP contribution in [0.15, 0.2) is 29.1 Å². The van der Waals surface area contributed by atoms with Crippen LogP contribution in [0.2, 0.25) is 0 Å². The zero-order valence-electron chi connectivity index (χ0n) is 11.2. The smallest absolute Gasteiger partial charge is 0.278 e. The van der Waals surface area contributed by atoms with Gasteiger partial charge in [-0.15, -0.1) is 5.10 Å². The van der Waals surface area contributed by atoms with Gasteiger partial charge >= 0.3 is 0 Å². The van der Waals surface area contributed by atoms with Gasteiger partial charge in [0, 0.05) is 20.3 Å². The molecule has 1 amide bonds. The zero-order valence-corrected chi connectivity index (χ0v) is 11.2. The van der Waals surface area contributed by atoms with E-state index in [1.807, 2.05) is 0 Å². The van der Waals surface area contributed by atoms with Crippen LogP contribution in [0.4, 0.5) is 0 Å². The number of fused-ring (bicyclic) bond motifs is 1. The van der Waals surface area contributed by atoms with Crippen LogP contribution in [0.25, 0.3) is 10.9 Å². The van der Waals surface area contributed by atoms with Crippen LogP contribution >= 0.6 is 0 Å². The number of aromatic nitrogens is 3. The predicted octanol–water partition coefficient (Wildman–Crippen LogP) is -0.0558. The Hall–Kier alpha value is -2.28. The first-order chi connectivity index (χ1) is 9.72. The summed E-state index contributed by atoms with van der Waals surface area (Å²) in [7, 11) is 1.60. The molecule has 0 radical (unpaired) electrons. The van der Waals surface area contributed by atoms with Crippen LogP contribution in [0.1, 0.15) is 6.42 Å². The van der Waals surface area contributed by atoms with Crippen molar-refractivity contribution in [2.45, 2.75) is 13.0 Å². The second kappa shape index (κ2) is 6.76. The standard InChI is InChI=1S/C13H16N4O3/c1-20-8-4-7-14-12(18)9-17-13(19)10-5-2-3-6-11(10)15-16-17/h2-3,5-6H,4,7-9H2,1H3,(H,14,18). The molecular weight excluding hydrogens is 260 g/mol. The summed E-state index contributed by atoms with van der Waals surface area (Å²) in [6.07, 6.45) is 0.723. The molecule has 0 saturated carbocycles. The normalized spacial score (nSPS) is 10.7. The van der Waals surface area contributed by atoms with Gasteiger partial charge in [0.15, 0.2) is 0 Å². The van der Waals surface area contributed by atoms with E-state index in [4.69, 9.17) is 4.74 Å². The quantitative estimate of drug-likeness (QED) is 0.747. The maximum atomic E-state index is 12.1. The monoisotopic (exact) mass is 276 g/mol. The Kier molecular flexibility index (Phi) is 4.78. The molecule has 0 unspecified atom stereocenters. The molecule has 1 heterocycles. The van der Waals surface area contributed by atoms with Gasteiger partial charge in [-0.25, -0.2) is 4.68 Å². The SMILES string of the molecule is COCCCNC(=O)Cn1nnc2ccccc2c1=O. The number of hydrogen-bond acceptors (Lipinski definition) is 5. The summed E-state index contributed by atoms with van der Waals surface area (Å²) in [6.45, 7) is 0.947. The topological polar surface area (TPSA) is 86.1 Å². The first-order valence-electron chi connectivity index (χ1n) is 6.30. The summed E-state index contributed by atoms with van der Waals surface area (Å²) in [4.78, 5) is 23.8. The lowest BCUT2D eigenvalue weighted by Gasteiger charge is -2.06. The van der Waals surface area contributed by atoms with Gasteiger partial charge in [-0.05, 0) is 18.6 Å². The highest BCUT2D eigenvalue weighted by Crippen LogP contribution is 2.02. The summed E-state index contributed by atoms with van der Waals surface area (Å²) in [5, 5.41) is 10.8. The van der Waals surface area contributed by atoms with Gasteiger partial charge in [-0.3, -0.25) is 9.59 Å². The third kappa shape index (κ3) is 3.39. The Labute approximate surface area is 115 Å². The number of carbonyl (C=O) groups excluding carboxylic acids is 1. The minimum atomic E-state index is -0.317. The van der Waals surface area contributed by atoms with Crippen molar-refractivity contribution < 1.29 is 9.53 Å². The molecule has 7 nitrogen and oxygen atoms in total. The molecule has 2 rings (SSSR count). The third-order valence-corrected chi connectivity index (χ3v) is 2.77. The molecule has 1 aromatic heterocycles. The highest BCUT2D eigenvalue weighted by Gasteiger charge is 2.08. The third-order valence-electron chi connectivity index (χ3n) is 2.77. The average Bonchev–Trinajstić information content (AvgIpc) is 2.47. The van der Waals surface area contributed by atoms with E-state index in [1.54, 1.807) is 31.4 Å². The first-order valence-corrected chi connectivity index (χ1v) is 6.30. The van der Waals surface area contributed by atoms with Crippen LogP contribution in [0.5, 0.6) is 0 Å². The van der Waals surface area contributed by atoms with Crippen molar-refractivity contribution in [2.75, 3.05) is 20.3 Å². The van der Waals surface area contributed by atoms with Gasteiger partial charge in [0.25, 0.3) is 5.56 Å². The molecule has 0 fully saturated rings. The van der Waals surface area contributed by atoms with Crippen LogP contribution in [0, 0.1) is 0 Å². The second-order valence-electron chi connectivity index (χ2n) is 4.27. The van der Waals surface area contributed by atoms with Crippen molar-refractivity contribution in [3.63, 3.8) is 0 Å². The van der Waals surface area contributed by atoms with E-state index >= 15 is 0 Å². The highest BCUT2D eigenvalue weighted by molar-refractivity contribution is 5.78. The molecule has 0 aliphatic carbocycles. The number of rotatable bonds is 6. The Morgan fingerprint density at radius 1 is 1.40 bits per heavy atom. The Bertz CT molecular complexity index is 653. The molecule has 0 atom stereocenters. The minimum Gasteiger partial charge on any atom is -0.385 e. The number of ether oxygens (including phenoxy) is 1. The number of methoxy groups -OCH3 is 1. The Morgan fingerprint density at radius 3 is 3.00 bits per heavy atom. The summed E-state index contributed by atoms with van der Waals surface area (Å²) >= 11 is 0. The largest absolute Gasteiger partial charge is 0.385 e. The number of carbonyl (C=O) groups is 1. The van der Waals surface area contributed by atoms with E-state index in [2.05, 4.69) is 15.6 Å². The average molecular weight is 276 g/mol. The molecule has 0 saturated heterocycles. The van der Waals surface area contributed by atoms with Crippen LogP contribution in [-0.2, 0) is 16.1 Å². The molecule has 0 spiro atoms. The predicted molar refractivity (Wildman–Crippen MR) is 73.3 cm³/mol. The number of hydrogen-bond donors (Lipinski definition) is 1. The van der Waals surface area contributed by atoms with Gasteiger partial charge in [0.2, 0.25) is 5.91 Å². The molecular formula is C13H16N4O3. The lowest BCUT2D eigenvalue weighted by Crippen LogP contribution is -2.34. The van der Waals surface area contributed by atoms with E-state index in [9.17, 15) is 9.59 Å². The van der Waals surface area contributed by atoms with Crippen molar-refractivity contribution in [1.29, 1.82) is 0 Å². The molecule has 20 heavy (non-hydrogen) atoms. The van der Waals surface area contributed by atoms with Gasteiger partial charge in [0.05, 0.1) is 5.39 Å². The maximum absolute atomic E-state index is 12.1. The van der Waals surface area contributed by atoms with Gasteiger partial charge in [0.1, 0.15) is 12.1 Å². The zero-order chi connectivity index (χ0) is 14.4. The van der Waals surface area contributed by atoms with Crippen LogP contribution in [0.3, 0.4) is 0 Å². The molecule has 0 aliphatic heterocycles. The second-order valence-corrected chi connectivity index (χ2v) is 4.27. The van der Waals surface area contributed by atoms with Gasteiger partial charge in [-0.1, -0.05) is 17.3 Å². The Balaban J connectivity index is 2.04. The fourth-order valence-electron chi connectivity index (χ4n) is 1.76. The van der Waals surface area contributed by atoms with Crippen LogP contribution < -0.4 is 10.9 Å². The highest BCUT2D eigenvalue weighted by atomic mass is 16.5. The van der Waals surface area contributed by atoms with E-state index in [0.29, 0.717) is 24.1 Å². The molecule has 0 bridgehead atoms. The van der Waals surface area contributed by atoms with Crippen molar-refractivity contribution in [2.24, 2.45) is 0 Å². The lowest BCUT2D eigenvalue weighted by molar-refractivity contribution is -0.122. The van der Waals surface area contributed by atoms with E-state index < -0.39 is 0 Å². The molecule has 1 N–H and O–H groups in total.